The van der Waals surface area contributed by atoms with E-state index in [1.807, 2.05) is 18.2 Å². The van der Waals surface area contributed by atoms with E-state index in [9.17, 15) is 0 Å². The van der Waals surface area contributed by atoms with Gasteiger partial charge in [0.15, 0.2) is 0 Å². The molecule has 0 bridgehead atoms. The molecule has 0 N–H and O–H groups in total. The average molecular weight is 190 g/mol. The predicted molar refractivity (Wildman–Crippen MR) is 64.3 cm³/mol. The van der Waals surface area contributed by atoms with E-state index in [1.165, 1.54) is 44.9 Å². The Kier molecular flexibility index (Phi) is 6.14. The lowest BCUT2D eigenvalue weighted by atomic mass is 9.86. The van der Waals surface area contributed by atoms with E-state index < -0.39 is 0 Å². The van der Waals surface area contributed by atoms with Gasteiger partial charge >= 0.3 is 0 Å². The SMILES string of the molecule is C=C/C=C\C=C/CCC1CCCCC1. The van der Waals surface area contributed by atoms with E-state index in [0.29, 0.717) is 0 Å². The summed E-state index contributed by atoms with van der Waals surface area (Å²) in [7, 11) is 0. The molecule has 0 aromatic carbocycles. The molecule has 0 aliphatic heterocycles. The highest BCUT2D eigenvalue weighted by atomic mass is 14.2. The van der Waals surface area contributed by atoms with Crippen molar-refractivity contribution in [2.24, 2.45) is 5.92 Å². The molecule has 78 valence electrons. The van der Waals surface area contributed by atoms with E-state index in [0.717, 1.165) is 5.92 Å². The van der Waals surface area contributed by atoms with Crippen LogP contribution in [0.5, 0.6) is 0 Å². The highest BCUT2D eigenvalue weighted by Crippen LogP contribution is 2.27. The number of hydrogen-bond donors (Lipinski definition) is 0. The fraction of sp³-hybridized carbons (Fsp3) is 0.571. The first-order chi connectivity index (χ1) is 6.93. The monoisotopic (exact) mass is 190 g/mol. The fourth-order valence-electron chi connectivity index (χ4n) is 2.13. The zero-order chi connectivity index (χ0) is 10.1. The van der Waals surface area contributed by atoms with E-state index in [2.05, 4.69) is 18.7 Å². The van der Waals surface area contributed by atoms with Gasteiger partial charge in [0.2, 0.25) is 0 Å². The van der Waals surface area contributed by atoms with E-state index in [-0.39, 0.29) is 0 Å². The predicted octanol–water partition coefficient (Wildman–Crippen LogP) is 4.65. The molecular weight excluding hydrogens is 168 g/mol. The van der Waals surface area contributed by atoms with Crippen LogP contribution in [0, 0.1) is 5.92 Å². The third-order valence-electron chi connectivity index (χ3n) is 2.96. The zero-order valence-electron chi connectivity index (χ0n) is 9.12. The van der Waals surface area contributed by atoms with Gasteiger partial charge in [-0.05, 0) is 18.8 Å². The summed E-state index contributed by atoms with van der Waals surface area (Å²) in [6, 6.07) is 0. The Labute approximate surface area is 88.4 Å². The maximum atomic E-state index is 3.63. The van der Waals surface area contributed by atoms with Crippen molar-refractivity contribution in [2.75, 3.05) is 0 Å². The largest absolute Gasteiger partial charge is 0.0991 e. The number of allylic oxidation sites excluding steroid dienone is 5. The molecule has 0 aromatic heterocycles. The summed E-state index contributed by atoms with van der Waals surface area (Å²) in [5, 5.41) is 0. The molecule has 0 unspecified atom stereocenters. The Hall–Kier alpha value is -0.780. The second-order valence-corrected chi connectivity index (χ2v) is 4.13. The molecule has 0 amide bonds. The van der Waals surface area contributed by atoms with Crippen LogP contribution in [-0.2, 0) is 0 Å². The van der Waals surface area contributed by atoms with Crippen LogP contribution in [0.2, 0.25) is 0 Å². The summed E-state index contributed by atoms with van der Waals surface area (Å²) < 4.78 is 0. The van der Waals surface area contributed by atoms with Crippen molar-refractivity contribution in [3.05, 3.63) is 37.0 Å². The first-order valence-corrected chi connectivity index (χ1v) is 5.87. The molecule has 0 saturated heterocycles. The molecule has 1 saturated carbocycles. The van der Waals surface area contributed by atoms with Gasteiger partial charge in [0, 0.05) is 0 Å². The van der Waals surface area contributed by atoms with Crippen molar-refractivity contribution in [1.82, 2.24) is 0 Å². The smallest absolute Gasteiger partial charge is 0.0345 e. The summed E-state index contributed by atoms with van der Waals surface area (Å²) in [6.07, 6.45) is 20.2. The first-order valence-electron chi connectivity index (χ1n) is 5.87. The number of hydrogen-bond acceptors (Lipinski definition) is 0. The van der Waals surface area contributed by atoms with E-state index >= 15 is 0 Å². The Morgan fingerprint density at radius 3 is 2.50 bits per heavy atom. The molecule has 0 heterocycles. The second-order valence-electron chi connectivity index (χ2n) is 4.13. The van der Waals surface area contributed by atoms with Gasteiger partial charge in [-0.25, -0.2) is 0 Å². The molecule has 0 aromatic rings. The van der Waals surface area contributed by atoms with Crippen LogP contribution in [0.1, 0.15) is 44.9 Å². The quantitative estimate of drug-likeness (QED) is 0.554. The minimum atomic E-state index is 1.01. The summed E-state index contributed by atoms with van der Waals surface area (Å²) in [6.45, 7) is 3.63. The second kappa shape index (κ2) is 7.61. The van der Waals surface area contributed by atoms with Crippen molar-refractivity contribution in [2.45, 2.75) is 44.9 Å². The minimum Gasteiger partial charge on any atom is -0.0991 e. The van der Waals surface area contributed by atoms with Crippen molar-refractivity contribution < 1.29 is 0 Å². The summed E-state index contributed by atoms with van der Waals surface area (Å²) >= 11 is 0. The van der Waals surface area contributed by atoms with Gasteiger partial charge in [-0.1, -0.05) is 69.1 Å². The Morgan fingerprint density at radius 2 is 1.79 bits per heavy atom. The maximum Gasteiger partial charge on any atom is -0.0345 e. The molecule has 0 heteroatoms. The molecule has 0 spiro atoms. The standard InChI is InChI=1S/C14H22/c1-2-3-4-5-6-8-11-14-12-9-7-10-13-14/h2-6,14H,1,7-13H2/b4-3-,6-5-. The maximum absolute atomic E-state index is 3.63. The van der Waals surface area contributed by atoms with Gasteiger partial charge < -0.3 is 0 Å². The first kappa shape index (κ1) is 11.3. The Morgan fingerprint density at radius 1 is 1.00 bits per heavy atom. The zero-order valence-corrected chi connectivity index (χ0v) is 9.12. The molecular formula is C14H22. The van der Waals surface area contributed by atoms with Gasteiger partial charge in [-0.15, -0.1) is 0 Å². The summed E-state index contributed by atoms with van der Waals surface area (Å²) in [5.41, 5.74) is 0. The van der Waals surface area contributed by atoms with Gasteiger partial charge in [-0.3, -0.25) is 0 Å². The Balaban J connectivity index is 2.04. The van der Waals surface area contributed by atoms with Gasteiger partial charge in [-0.2, -0.15) is 0 Å². The third kappa shape index (κ3) is 5.06. The molecule has 1 aliphatic carbocycles. The van der Waals surface area contributed by atoms with Crippen molar-refractivity contribution >= 4 is 0 Å². The lowest BCUT2D eigenvalue weighted by molar-refractivity contribution is 0.341. The van der Waals surface area contributed by atoms with E-state index in [4.69, 9.17) is 0 Å². The Bertz CT molecular complexity index is 192. The van der Waals surface area contributed by atoms with Gasteiger partial charge in [0.05, 0.1) is 0 Å². The third-order valence-corrected chi connectivity index (χ3v) is 2.96. The van der Waals surface area contributed by atoms with Gasteiger partial charge in [0.1, 0.15) is 0 Å². The molecule has 0 nitrogen and oxygen atoms in total. The summed E-state index contributed by atoms with van der Waals surface area (Å²) in [5.74, 6) is 1.01. The lowest BCUT2D eigenvalue weighted by Crippen LogP contribution is -2.05. The molecule has 14 heavy (non-hydrogen) atoms. The van der Waals surface area contributed by atoms with Crippen LogP contribution >= 0.6 is 0 Å². The molecule has 1 rings (SSSR count). The normalized spacial score (nSPS) is 19.4. The van der Waals surface area contributed by atoms with Crippen molar-refractivity contribution in [3.63, 3.8) is 0 Å². The topological polar surface area (TPSA) is 0 Å². The van der Waals surface area contributed by atoms with E-state index in [1.54, 1.807) is 0 Å². The average Bonchev–Trinajstić information content (AvgIpc) is 2.25. The van der Waals surface area contributed by atoms with Crippen molar-refractivity contribution in [1.29, 1.82) is 0 Å². The highest BCUT2D eigenvalue weighted by molar-refractivity contribution is 5.08. The van der Waals surface area contributed by atoms with Gasteiger partial charge in [0.25, 0.3) is 0 Å². The summed E-state index contributed by atoms with van der Waals surface area (Å²) in [4.78, 5) is 0. The molecule has 0 radical (unpaired) electrons. The van der Waals surface area contributed by atoms with Crippen LogP contribution in [0.15, 0.2) is 37.0 Å². The lowest BCUT2D eigenvalue weighted by Gasteiger charge is -2.20. The van der Waals surface area contributed by atoms with Crippen LogP contribution in [-0.4, -0.2) is 0 Å². The number of rotatable bonds is 5. The molecule has 0 atom stereocenters. The highest BCUT2D eigenvalue weighted by Gasteiger charge is 2.11. The van der Waals surface area contributed by atoms with Crippen LogP contribution < -0.4 is 0 Å². The van der Waals surface area contributed by atoms with Crippen LogP contribution in [0.4, 0.5) is 0 Å². The molecule has 1 fully saturated rings. The van der Waals surface area contributed by atoms with Crippen molar-refractivity contribution in [3.8, 4) is 0 Å². The fourth-order valence-corrected chi connectivity index (χ4v) is 2.13. The minimum absolute atomic E-state index is 1.01. The van der Waals surface area contributed by atoms with Crippen LogP contribution in [0.25, 0.3) is 0 Å². The van der Waals surface area contributed by atoms with Crippen LogP contribution in [0.3, 0.4) is 0 Å². The molecule has 1 aliphatic rings.